The molecule has 0 unspecified atom stereocenters. The summed E-state index contributed by atoms with van der Waals surface area (Å²) < 4.78 is 2.95. The molecule has 0 bridgehead atoms. The SMILES string of the molecule is Cc1cc(Cn2c(=S)[nH]c3ccccc32)sc1C. The summed E-state index contributed by atoms with van der Waals surface area (Å²) in [6.07, 6.45) is 0. The molecule has 0 fully saturated rings. The van der Waals surface area contributed by atoms with Crippen molar-refractivity contribution >= 4 is 34.6 Å². The number of thiophene rings is 1. The maximum atomic E-state index is 5.40. The van der Waals surface area contributed by atoms with Crippen LogP contribution in [-0.4, -0.2) is 9.55 Å². The normalized spacial score (nSPS) is 11.2. The Balaban J connectivity index is 2.09. The number of aromatic nitrogens is 2. The number of imidazole rings is 1. The molecule has 1 aromatic carbocycles. The first kappa shape index (κ1) is 11.7. The predicted molar refractivity (Wildman–Crippen MR) is 80.0 cm³/mol. The van der Waals surface area contributed by atoms with E-state index in [1.54, 1.807) is 0 Å². The molecule has 0 atom stereocenters. The lowest BCUT2D eigenvalue weighted by Crippen LogP contribution is -1.97. The molecule has 0 amide bonds. The summed E-state index contributed by atoms with van der Waals surface area (Å²) in [5.41, 5.74) is 3.64. The van der Waals surface area contributed by atoms with Crippen molar-refractivity contribution in [1.82, 2.24) is 9.55 Å². The van der Waals surface area contributed by atoms with E-state index in [1.165, 1.54) is 20.8 Å². The highest BCUT2D eigenvalue weighted by Gasteiger charge is 2.07. The van der Waals surface area contributed by atoms with Gasteiger partial charge in [-0.2, -0.15) is 0 Å². The largest absolute Gasteiger partial charge is 0.331 e. The zero-order chi connectivity index (χ0) is 12.7. The Morgan fingerprint density at radius 3 is 2.78 bits per heavy atom. The number of hydrogen-bond acceptors (Lipinski definition) is 2. The van der Waals surface area contributed by atoms with Crippen molar-refractivity contribution in [2.45, 2.75) is 20.4 Å². The second-order valence-corrected chi connectivity index (χ2v) is 6.21. The molecule has 18 heavy (non-hydrogen) atoms. The fourth-order valence-electron chi connectivity index (χ4n) is 2.15. The Morgan fingerprint density at radius 2 is 2.06 bits per heavy atom. The van der Waals surface area contributed by atoms with Crippen LogP contribution >= 0.6 is 23.6 Å². The van der Waals surface area contributed by atoms with E-state index in [-0.39, 0.29) is 0 Å². The molecular formula is C14H14N2S2. The quantitative estimate of drug-likeness (QED) is 0.686. The first-order valence-electron chi connectivity index (χ1n) is 5.88. The smallest absolute Gasteiger partial charge is 0.178 e. The molecule has 0 aliphatic rings. The Morgan fingerprint density at radius 1 is 1.28 bits per heavy atom. The van der Waals surface area contributed by atoms with Crippen LogP contribution in [0.25, 0.3) is 11.0 Å². The van der Waals surface area contributed by atoms with Crippen LogP contribution in [0.3, 0.4) is 0 Å². The van der Waals surface area contributed by atoms with Gasteiger partial charge in [0.05, 0.1) is 17.6 Å². The van der Waals surface area contributed by atoms with Crippen molar-refractivity contribution in [2.24, 2.45) is 0 Å². The second kappa shape index (κ2) is 4.37. The topological polar surface area (TPSA) is 20.7 Å². The minimum atomic E-state index is 0.792. The lowest BCUT2D eigenvalue weighted by Gasteiger charge is -2.01. The van der Waals surface area contributed by atoms with Gasteiger partial charge in [0, 0.05) is 9.75 Å². The van der Waals surface area contributed by atoms with Gasteiger partial charge in [0.2, 0.25) is 0 Å². The van der Waals surface area contributed by atoms with Gasteiger partial charge in [0.25, 0.3) is 0 Å². The fourth-order valence-corrected chi connectivity index (χ4v) is 3.46. The summed E-state index contributed by atoms with van der Waals surface area (Å²) in [4.78, 5) is 5.99. The van der Waals surface area contributed by atoms with E-state index in [1.807, 2.05) is 23.5 Å². The number of aryl methyl sites for hydroxylation is 2. The molecule has 3 aromatic rings. The molecule has 2 aromatic heterocycles. The van der Waals surface area contributed by atoms with E-state index in [0.29, 0.717) is 0 Å². The molecule has 0 radical (unpaired) electrons. The highest BCUT2D eigenvalue weighted by Crippen LogP contribution is 2.23. The number of para-hydroxylation sites is 2. The van der Waals surface area contributed by atoms with Crippen LogP contribution in [0.2, 0.25) is 0 Å². The van der Waals surface area contributed by atoms with Gasteiger partial charge in [-0.3, -0.25) is 0 Å². The number of fused-ring (bicyclic) bond motifs is 1. The van der Waals surface area contributed by atoms with Crippen LogP contribution in [0.15, 0.2) is 30.3 Å². The van der Waals surface area contributed by atoms with Crippen LogP contribution in [0.5, 0.6) is 0 Å². The highest BCUT2D eigenvalue weighted by atomic mass is 32.1. The summed E-state index contributed by atoms with van der Waals surface area (Å²) in [6, 6.07) is 10.5. The number of nitrogens with one attached hydrogen (secondary N) is 1. The number of hydrogen-bond donors (Lipinski definition) is 1. The number of nitrogens with zero attached hydrogens (tertiary/aromatic N) is 1. The summed E-state index contributed by atoms with van der Waals surface area (Å²) in [7, 11) is 0. The van der Waals surface area contributed by atoms with Crippen LogP contribution in [0.4, 0.5) is 0 Å². The third-order valence-corrected chi connectivity index (χ3v) is 4.67. The van der Waals surface area contributed by atoms with Crippen molar-refractivity contribution in [3.05, 3.63) is 50.4 Å². The van der Waals surface area contributed by atoms with E-state index in [4.69, 9.17) is 12.2 Å². The van der Waals surface area contributed by atoms with E-state index in [2.05, 4.69) is 41.6 Å². The minimum Gasteiger partial charge on any atom is -0.331 e. The lowest BCUT2D eigenvalue weighted by molar-refractivity contribution is 0.823. The molecule has 2 nitrogen and oxygen atoms in total. The van der Waals surface area contributed by atoms with Gasteiger partial charge in [-0.05, 0) is 49.8 Å². The standard InChI is InChI=1S/C14H14N2S2/c1-9-7-11(18-10(9)2)8-16-13-6-4-3-5-12(13)15-14(16)17/h3-7H,8H2,1-2H3,(H,15,17). The molecule has 1 N–H and O–H groups in total. The summed E-state index contributed by atoms with van der Waals surface area (Å²) in [5.74, 6) is 0. The molecule has 92 valence electrons. The lowest BCUT2D eigenvalue weighted by atomic mass is 10.3. The summed E-state index contributed by atoms with van der Waals surface area (Å²) >= 11 is 7.25. The number of aromatic amines is 1. The van der Waals surface area contributed by atoms with Crippen molar-refractivity contribution < 1.29 is 0 Å². The van der Waals surface area contributed by atoms with Gasteiger partial charge in [0.15, 0.2) is 4.77 Å². The Bertz CT molecular complexity index is 742. The molecular weight excluding hydrogens is 260 g/mol. The average Bonchev–Trinajstić information content (AvgIpc) is 2.82. The van der Waals surface area contributed by atoms with Crippen LogP contribution in [-0.2, 0) is 6.54 Å². The van der Waals surface area contributed by atoms with Gasteiger partial charge in [0.1, 0.15) is 0 Å². The van der Waals surface area contributed by atoms with Crippen molar-refractivity contribution in [1.29, 1.82) is 0 Å². The molecule has 3 rings (SSSR count). The number of benzene rings is 1. The molecule has 0 spiro atoms. The van der Waals surface area contributed by atoms with Crippen LogP contribution in [0.1, 0.15) is 15.3 Å². The van der Waals surface area contributed by atoms with Crippen LogP contribution in [0, 0.1) is 18.6 Å². The maximum absolute atomic E-state index is 5.40. The summed E-state index contributed by atoms with van der Waals surface area (Å²) in [5, 5.41) is 0. The Kier molecular flexibility index (Phi) is 2.84. The van der Waals surface area contributed by atoms with Gasteiger partial charge in [-0.1, -0.05) is 12.1 Å². The minimum absolute atomic E-state index is 0.792. The number of rotatable bonds is 2. The summed E-state index contributed by atoms with van der Waals surface area (Å²) in [6.45, 7) is 5.17. The third-order valence-electron chi connectivity index (χ3n) is 3.21. The maximum Gasteiger partial charge on any atom is 0.178 e. The molecule has 2 heterocycles. The monoisotopic (exact) mass is 274 g/mol. The fraction of sp³-hybridized carbons (Fsp3) is 0.214. The zero-order valence-corrected chi connectivity index (χ0v) is 12.0. The van der Waals surface area contributed by atoms with E-state index >= 15 is 0 Å². The van der Waals surface area contributed by atoms with Crippen molar-refractivity contribution in [3.8, 4) is 0 Å². The molecule has 4 heteroatoms. The van der Waals surface area contributed by atoms with Crippen LogP contribution < -0.4 is 0 Å². The molecule has 0 saturated heterocycles. The van der Waals surface area contributed by atoms with Gasteiger partial charge < -0.3 is 9.55 Å². The highest BCUT2D eigenvalue weighted by molar-refractivity contribution is 7.71. The van der Waals surface area contributed by atoms with E-state index in [9.17, 15) is 0 Å². The van der Waals surface area contributed by atoms with E-state index < -0.39 is 0 Å². The number of H-pyrrole nitrogens is 1. The first-order valence-corrected chi connectivity index (χ1v) is 7.11. The molecule has 0 aliphatic carbocycles. The van der Waals surface area contributed by atoms with Gasteiger partial charge in [-0.15, -0.1) is 11.3 Å². The predicted octanol–water partition coefficient (Wildman–Crippen LogP) is 4.43. The third kappa shape index (κ3) is 1.91. The zero-order valence-electron chi connectivity index (χ0n) is 10.4. The average molecular weight is 274 g/mol. The Hall–Kier alpha value is -1.39. The second-order valence-electron chi connectivity index (χ2n) is 4.49. The first-order chi connectivity index (χ1) is 8.65. The Labute approximate surface area is 115 Å². The van der Waals surface area contributed by atoms with Crippen molar-refractivity contribution in [3.63, 3.8) is 0 Å². The van der Waals surface area contributed by atoms with E-state index in [0.717, 1.165) is 16.8 Å². The molecule has 0 saturated carbocycles. The molecule has 0 aliphatic heterocycles. The van der Waals surface area contributed by atoms with Crippen molar-refractivity contribution in [2.75, 3.05) is 0 Å². The van der Waals surface area contributed by atoms with Gasteiger partial charge in [-0.25, -0.2) is 0 Å². The van der Waals surface area contributed by atoms with Gasteiger partial charge >= 0.3 is 0 Å².